The van der Waals surface area contributed by atoms with Gasteiger partial charge in [0.05, 0.1) is 11.7 Å². The van der Waals surface area contributed by atoms with Crippen LogP contribution in [0.3, 0.4) is 0 Å². The Morgan fingerprint density at radius 2 is 1.68 bits per heavy atom. The largest absolute Gasteiger partial charge is 0.410 e. The van der Waals surface area contributed by atoms with Gasteiger partial charge >= 0.3 is 0 Å². The summed E-state index contributed by atoms with van der Waals surface area (Å²) in [5.74, 6) is 1.17. The van der Waals surface area contributed by atoms with Crippen LogP contribution in [0.4, 0.5) is 0 Å². The summed E-state index contributed by atoms with van der Waals surface area (Å²) in [4.78, 5) is 2.78. The Bertz CT molecular complexity index is 603. The first-order valence-electron chi connectivity index (χ1n) is 13.4. The van der Waals surface area contributed by atoms with Gasteiger partial charge in [0.25, 0.3) is 0 Å². The summed E-state index contributed by atoms with van der Waals surface area (Å²) in [7, 11) is -1.82. The maximum absolute atomic E-state index is 12.0. The van der Waals surface area contributed by atoms with Gasteiger partial charge < -0.3 is 9.53 Å². The molecule has 1 aliphatic carbocycles. The van der Waals surface area contributed by atoms with E-state index in [-0.39, 0.29) is 11.1 Å². The zero-order valence-corrected chi connectivity index (χ0v) is 22.6. The normalized spacial score (nSPS) is 32.2. The summed E-state index contributed by atoms with van der Waals surface area (Å²) in [6.07, 6.45) is 16.7. The lowest BCUT2D eigenvalue weighted by molar-refractivity contribution is -0.0623. The minimum atomic E-state index is -1.82. The first kappa shape index (κ1) is 25.5. The number of rotatable bonds is 9. The van der Waals surface area contributed by atoms with Gasteiger partial charge in [0.2, 0.25) is 0 Å². The molecular formula is C27H51NO2Si. The minimum Gasteiger partial charge on any atom is -0.410 e. The Hall–Kier alpha value is -0.163. The number of unbranched alkanes of at least 4 members (excludes halogenated alkanes) is 2. The van der Waals surface area contributed by atoms with Crippen LogP contribution in [0.15, 0.2) is 12.2 Å². The summed E-state index contributed by atoms with van der Waals surface area (Å²) in [6.45, 7) is 17.5. The standard InChI is InChI=1S/C27H51NO2Si/c1-8-10-17-27(29,18-11-9-2)24-20-21-15-16-23(30-31(6,7)26(3,4)5)22-14-12-13-19-28(24)25(21)22/h15-16,21-25,29H,8-14,17-20H2,1-7H3/t21-,22+,23+,24-,25-/m0/s1. The van der Waals surface area contributed by atoms with Gasteiger partial charge in [-0.1, -0.05) is 78.9 Å². The van der Waals surface area contributed by atoms with Crippen molar-refractivity contribution < 1.29 is 9.53 Å². The number of aliphatic hydroxyl groups is 1. The molecule has 1 N–H and O–H groups in total. The fourth-order valence-electron chi connectivity index (χ4n) is 6.24. The highest BCUT2D eigenvalue weighted by atomic mass is 28.4. The van der Waals surface area contributed by atoms with E-state index in [4.69, 9.17) is 4.43 Å². The maximum Gasteiger partial charge on any atom is 0.192 e. The summed E-state index contributed by atoms with van der Waals surface area (Å²) in [5.41, 5.74) is -0.526. The molecule has 3 nitrogen and oxygen atoms in total. The average Bonchev–Trinajstić information content (AvgIpc) is 2.93. The molecule has 180 valence electrons. The van der Waals surface area contributed by atoms with E-state index in [9.17, 15) is 5.11 Å². The van der Waals surface area contributed by atoms with E-state index in [1.54, 1.807) is 0 Å². The van der Waals surface area contributed by atoms with Crippen LogP contribution in [0.25, 0.3) is 0 Å². The molecule has 0 aromatic carbocycles. The molecule has 2 saturated heterocycles. The molecule has 2 heterocycles. The van der Waals surface area contributed by atoms with E-state index in [0.29, 0.717) is 23.9 Å². The topological polar surface area (TPSA) is 32.7 Å². The van der Waals surface area contributed by atoms with E-state index >= 15 is 0 Å². The molecule has 5 atom stereocenters. The predicted octanol–water partition coefficient (Wildman–Crippen LogP) is 6.92. The molecule has 2 aliphatic heterocycles. The second-order valence-electron chi connectivity index (χ2n) is 12.3. The molecule has 0 spiro atoms. The summed E-state index contributed by atoms with van der Waals surface area (Å²) < 4.78 is 7.01. The van der Waals surface area contributed by atoms with Gasteiger partial charge in [-0.05, 0) is 62.7 Å². The van der Waals surface area contributed by atoms with Crippen molar-refractivity contribution >= 4 is 8.32 Å². The molecule has 3 aliphatic rings. The summed E-state index contributed by atoms with van der Waals surface area (Å²) >= 11 is 0. The Balaban J connectivity index is 1.86. The maximum atomic E-state index is 12.0. The van der Waals surface area contributed by atoms with E-state index in [1.165, 1.54) is 32.1 Å². The smallest absolute Gasteiger partial charge is 0.192 e. The fourth-order valence-corrected chi connectivity index (χ4v) is 7.53. The highest BCUT2D eigenvalue weighted by Crippen LogP contribution is 2.49. The van der Waals surface area contributed by atoms with Gasteiger partial charge in [0.15, 0.2) is 8.32 Å². The molecule has 3 rings (SSSR count). The van der Waals surface area contributed by atoms with Crippen molar-refractivity contribution in [2.24, 2.45) is 11.8 Å². The van der Waals surface area contributed by atoms with Crippen molar-refractivity contribution in [2.75, 3.05) is 6.54 Å². The van der Waals surface area contributed by atoms with Crippen molar-refractivity contribution in [3.63, 3.8) is 0 Å². The first-order valence-corrected chi connectivity index (χ1v) is 16.3. The third-order valence-electron chi connectivity index (χ3n) is 9.11. The molecule has 0 aromatic heterocycles. The third-order valence-corrected chi connectivity index (χ3v) is 13.6. The van der Waals surface area contributed by atoms with Gasteiger partial charge in [-0.25, -0.2) is 0 Å². The SMILES string of the molecule is CCCCC(O)(CCCC)[C@@H]1C[C@@H]2C=C[C@@H](O[Si](C)(C)C(C)(C)C)[C@H]3CCCCN1[C@H]32. The second kappa shape index (κ2) is 9.99. The van der Waals surface area contributed by atoms with Crippen molar-refractivity contribution in [1.29, 1.82) is 0 Å². The Morgan fingerprint density at radius 3 is 2.26 bits per heavy atom. The zero-order valence-electron chi connectivity index (χ0n) is 21.6. The molecule has 4 heteroatoms. The van der Waals surface area contributed by atoms with Gasteiger partial charge in [-0.15, -0.1) is 0 Å². The molecule has 0 aromatic rings. The van der Waals surface area contributed by atoms with Gasteiger partial charge in [0, 0.05) is 18.0 Å². The average molecular weight is 450 g/mol. The van der Waals surface area contributed by atoms with Gasteiger partial charge in [-0.3, -0.25) is 4.90 Å². The van der Waals surface area contributed by atoms with Crippen LogP contribution >= 0.6 is 0 Å². The first-order chi connectivity index (χ1) is 14.5. The van der Waals surface area contributed by atoms with Crippen molar-refractivity contribution in [2.45, 2.75) is 141 Å². The zero-order chi connectivity index (χ0) is 22.9. The van der Waals surface area contributed by atoms with E-state index in [0.717, 1.165) is 38.6 Å². The van der Waals surface area contributed by atoms with E-state index in [1.807, 2.05) is 0 Å². The third kappa shape index (κ3) is 5.33. The minimum absolute atomic E-state index is 0.237. The summed E-state index contributed by atoms with van der Waals surface area (Å²) in [6, 6.07) is 0.875. The Kier molecular flexibility index (Phi) is 8.20. The van der Waals surface area contributed by atoms with Crippen LogP contribution in [0.1, 0.15) is 98.8 Å². The number of hydrogen-bond donors (Lipinski definition) is 1. The van der Waals surface area contributed by atoms with Crippen LogP contribution in [-0.2, 0) is 4.43 Å². The fraction of sp³-hybridized carbons (Fsp3) is 0.926. The molecule has 0 radical (unpaired) electrons. The van der Waals surface area contributed by atoms with Crippen molar-refractivity contribution in [1.82, 2.24) is 4.90 Å². The van der Waals surface area contributed by atoms with Crippen molar-refractivity contribution in [3.8, 4) is 0 Å². The van der Waals surface area contributed by atoms with Gasteiger partial charge in [-0.2, -0.15) is 0 Å². The highest BCUT2D eigenvalue weighted by molar-refractivity contribution is 6.74. The van der Waals surface area contributed by atoms with E-state index < -0.39 is 13.9 Å². The number of nitrogens with zero attached hydrogens (tertiary/aromatic N) is 1. The molecule has 0 saturated carbocycles. The van der Waals surface area contributed by atoms with Gasteiger partial charge in [0.1, 0.15) is 0 Å². The molecule has 0 unspecified atom stereocenters. The molecule has 2 fully saturated rings. The molecule has 0 amide bonds. The number of hydrogen-bond acceptors (Lipinski definition) is 3. The molecule has 0 bridgehead atoms. The van der Waals surface area contributed by atoms with Crippen LogP contribution in [0.2, 0.25) is 18.1 Å². The van der Waals surface area contributed by atoms with Crippen LogP contribution in [0, 0.1) is 11.8 Å². The van der Waals surface area contributed by atoms with Crippen LogP contribution in [0.5, 0.6) is 0 Å². The Labute approximate surface area is 194 Å². The van der Waals surface area contributed by atoms with Crippen molar-refractivity contribution in [3.05, 3.63) is 12.2 Å². The second-order valence-corrected chi connectivity index (χ2v) is 17.1. The lowest BCUT2D eigenvalue weighted by Crippen LogP contribution is -2.55. The highest BCUT2D eigenvalue weighted by Gasteiger charge is 2.54. The monoisotopic (exact) mass is 449 g/mol. The van der Waals surface area contributed by atoms with E-state index in [2.05, 4.69) is 64.8 Å². The molecular weight excluding hydrogens is 398 g/mol. The summed E-state index contributed by atoms with van der Waals surface area (Å²) in [5, 5.41) is 12.2. The molecule has 31 heavy (non-hydrogen) atoms. The van der Waals surface area contributed by atoms with Crippen LogP contribution < -0.4 is 0 Å². The van der Waals surface area contributed by atoms with Crippen LogP contribution in [-0.4, -0.2) is 48.7 Å². The Morgan fingerprint density at radius 1 is 1.03 bits per heavy atom. The predicted molar refractivity (Wildman–Crippen MR) is 135 cm³/mol. The lowest BCUT2D eigenvalue weighted by atomic mass is 9.77. The quantitative estimate of drug-likeness (QED) is 0.306. The lowest BCUT2D eigenvalue weighted by Gasteiger charge is -2.46.